The summed E-state index contributed by atoms with van der Waals surface area (Å²) in [6.07, 6.45) is -9.03. The van der Waals surface area contributed by atoms with Gasteiger partial charge in [0.2, 0.25) is 0 Å². The van der Waals surface area contributed by atoms with Gasteiger partial charge < -0.3 is 9.88 Å². The van der Waals surface area contributed by atoms with Crippen molar-refractivity contribution < 1.29 is 26.3 Å². The number of anilines is 2. The van der Waals surface area contributed by atoms with Gasteiger partial charge in [-0.2, -0.15) is 26.3 Å². The van der Waals surface area contributed by atoms with Crippen LogP contribution in [0.5, 0.6) is 0 Å². The number of fused-ring (bicyclic) bond motifs is 2. The van der Waals surface area contributed by atoms with Gasteiger partial charge in [0, 0.05) is 17.9 Å². The van der Waals surface area contributed by atoms with Gasteiger partial charge in [-0.1, -0.05) is 24.3 Å². The topological polar surface area (TPSA) is 42.2 Å². The third-order valence-corrected chi connectivity index (χ3v) is 5.93. The predicted molar refractivity (Wildman–Crippen MR) is 134 cm³/mol. The summed E-state index contributed by atoms with van der Waals surface area (Å²) in [5.41, 5.74) is 1.33. The van der Waals surface area contributed by atoms with Crippen molar-refractivity contribution in [3.05, 3.63) is 101 Å². The molecule has 0 spiro atoms. The van der Waals surface area contributed by atoms with Gasteiger partial charge in [-0.05, 0) is 67.6 Å². The number of rotatable bonds is 4. The van der Waals surface area contributed by atoms with E-state index < -0.39 is 23.5 Å². The summed E-state index contributed by atoms with van der Waals surface area (Å²) in [5, 5.41) is 3.43. The van der Waals surface area contributed by atoms with Crippen molar-refractivity contribution in [1.29, 1.82) is 0 Å². The lowest BCUT2D eigenvalue weighted by Crippen LogP contribution is -2.16. The molecular formula is C28H20F6N4. The Bertz CT molecular complexity index is 1670. The first-order valence-corrected chi connectivity index (χ1v) is 11.6. The number of hydrogen-bond acceptors (Lipinski definition) is 3. The fraction of sp³-hybridized carbons (Fsp3) is 0.143. The van der Waals surface area contributed by atoms with Crippen LogP contribution in [0.2, 0.25) is 0 Å². The third kappa shape index (κ3) is 4.93. The van der Waals surface area contributed by atoms with Gasteiger partial charge in [0.1, 0.15) is 0 Å². The minimum absolute atomic E-state index is 0.207. The fourth-order valence-electron chi connectivity index (χ4n) is 4.27. The quantitative estimate of drug-likeness (QED) is 0.192. The Morgan fingerprint density at radius 3 is 2.18 bits per heavy atom. The smallest absolute Gasteiger partial charge is 0.354 e. The van der Waals surface area contributed by atoms with Crippen LogP contribution in [-0.2, 0) is 12.4 Å². The molecule has 4 nitrogen and oxygen atoms in total. The van der Waals surface area contributed by atoms with E-state index in [1.807, 2.05) is 0 Å². The Balaban J connectivity index is 1.75. The molecule has 1 heterocycles. The molecule has 2 aliphatic rings. The molecule has 38 heavy (non-hydrogen) atoms. The largest absolute Gasteiger partial charge is 0.416 e. The average molecular weight is 526 g/mol. The molecule has 194 valence electrons. The Morgan fingerprint density at radius 2 is 1.47 bits per heavy atom. The number of nitrogens with zero attached hydrogens (tertiary/aromatic N) is 3. The lowest BCUT2D eigenvalue weighted by Gasteiger charge is -2.21. The van der Waals surface area contributed by atoms with Gasteiger partial charge in [-0.25, -0.2) is 4.98 Å². The predicted octanol–water partition coefficient (Wildman–Crippen LogP) is 7.83. The standard InChI is InChI=1S/C28H20F6N4/c1-2-35-22-16-26-24(15-23(22)36-19-9-5-7-17(13-19)27(29,30)31)37-21-11-3-4-12-25(21)38(26)20-10-6-8-18(14-20)28(32,33)34/h3-16,36H,2H2,1H3/b35-22+. The minimum Gasteiger partial charge on any atom is -0.354 e. The van der Waals surface area contributed by atoms with Crippen molar-refractivity contribution >= 4 is 22.4 Å². The highest BCUT2D eigenvalue weighted by Gasteiger charge is 2.31. The summed E-state index contributed by atoms with van der Waals surface area (Å²) in [7, 11) is 0. The normalized spacial score (nSPS) is 12.9. The van der Waals surface area contributed by atoms with Crippen LogP contribution < -0.4 is 10.7 Å². The third-order valence-electron chi connectivity index (χ3n) is 5.93. The first-order chi connectivity index (χ1) is 18.0. The second-order valence-electron chi connectivity index (χ2n) is 8.52. The number of nitrogens with one attached hydrogen (secondary N) is 1. The van der Waals surface area contributed by atoms with Gasteiger partial charge in [0.15, 0.2) is 0 Å². The summed E-state index contributed by atoms with van der Waals surface area (Å²) < 4.78 is 82.0. The molecule has 0 amide bonds. The molecule has 0 bridgehead atoms. The zero-order valence-electron chi connectivity index (χ0n) is 19.9. The molecule has 10 heteroatoms. The maximum atomic E-state index is 13.5. The molecule has 0 atom stereocenters. The second-order valence-corrected chi connectivity index (χ2v) is 8.52. The lowest BCUT2D eigenvalue weighted by molar-refractivity contribution is -0.138. The van der Waals surface area contributed by atoms with E-state index in [0.717, 1.165) is 24.3 Å². The Kier molecular flexibility index (Phi) is 6.34. The summed E-state index contributed by atoms with van der Waals surface area (Å²) in [4.78, 5) is 9.18. The van der Waals surface area contributed by atoms with E-state index in [1.54, 1.807) is 54.0 Å². The van der Waals surface area contributed by atoms with Gasteiger partial charge in [0.05, 0.1) is 44.6 Å². The van der Waals surface area contributed by atoms with Crippen molar-refractivity contribution in [2.75, 3.05) is 11.9 Å². The van der Waals surface area contributed by atoms with Crippen LogP contribution in [0.3, 0.4) is 0 Å². The molecule has 1 aliphatic carbocycles. The summed E-state index contributed by atoms with van der Waals surface area (Å²) >= 11 is 0. The monoisotopic (exact) mass is 526 g/mol. The number of benzene rings is 4. The number of alkyl halides is 6. The minimum atomic E-state index is -4.53. The molecule has 0 aromatic heterocycles. The Morgan fingerprint density at radius 1 is 0.789 bits per heavy atom. The second kappa shape index (κ2) is 9.51. The van der Waals surface area contributed by atoms with Crippen LogP contribution >= 0.6 is 0 Å². The van der Waals surface area contributed by atoms with E-state index >= 15 is 0 Å². The van der Waals surface area contributed by atoms with E-state index in [4.69, 9.17) is 4.98 Å². The lowest BCUT2D eigenvalue weighted by atomic mass is 10.1. The van der Waals surface area contributed by atoms with Crippen molar-refractivity contribution in [1.82, 2.24) is 9.55 Å². The Labute approximate surface area is 213 Å². The first-order valence-electron chi connectivity index (χ1n) is 11.6. The summed E-state index contributed by atoms with van der Waals surface area (Å²) in [6.45, 7) is 2.17. The van der Waals surface area contributed by atoms with Crippen LogP contribution in [0, 0.1) is 0 Å². The van der Waals surface area contributed by atoms with E-state index in [0.29, 0.717) is 40.0 Å². The zero-order valence-corrected chi connectivity index (χ0v) is 19.9. The van der Waals surface area contributed by atoms with Crippen LogP contribution in [-0.4, -0.2) is 16.1 Å². The molecular weight excluding hydrogens is 506 g/mol. The zero-order chi connectivity index (χ0) is 27.1. The van der Waals surface area contributed by atoms with Crippen LogP contribution in [0.4, 0.5) is 37.7 Å². The van der Waals surface area contributed by atoms with E-state index in [2.05, 4.69) is 10.3 Å². The highest BCUT2D eigenvalue weighted by molar-refractivity contribution is 5.84. The van der Waals surface area contributed by atoms with Crippen LogP contribution in [0.25, 0.3) is 28.1 Å². The summed E-state index contributed by atoms with van der Waals surface area (Å²) in [5.74, 6) is 0. The van der Waals surface area contributed by atoms with Crippen molar-refractivity contribution in [3.8, 4) is 17.1 Å². The molecule has 3 aromatic carbocycles. The number of halogens is 6. The highest BCUT2D eigenvalue weighted by Crippen LogP contribution is 2.35. The van der Waals surface area contributed by atoms with Crippen molar-refractivity contribution in [2.45, 2.75) is 19.3 Å². The molecule has 0 fully saturated rings. The van der Waals surface area contributed by atoms with E-state index in [-0.39, 0.29) is 11.4 Å². The van der Waals surface area contributed by atoms with E-state index in [1.165, 1.54) is 18.2 Å². The molecule has 0 saturated carbocycles. The summed E-state index contributed by atoms with van der Waals surface area (Å²) in [6, 6.07) is 20.1. The molecule has 0 saturated heterocycles. The number of aromatic nitrogens is 2. The molecule has 0 radical (unpaired) electrons. The SMILES string of the molecule is CC/N=c1\cc2n(-c3cccc(C(F)(F)F)c3)c3ccccc3nc-2cc1Nc1cccc(C(F)(F)F)c1. The van der Waals surface area contributed by atoms with Gasteiger partial charge in [-0.3, -0.25) is 4.99 Å². The molecule has 5 rings (SSSR count). The number of hydrogen-bond donors (Lipinski definition) is 1. The molecule has 0 unspecified atom stereocenters. The van der Waals surface area contributed by atoms with Gasteiger partial charge >= 0.3 is 12.4 Å². The maximum Gasteiger partial charge on any atom is 0.416 e. The highest BCUT2D eigenvalue weighted by atomic mass is 19.4. The van der Waals surface area contributed by atoms with Crippen LogP contribution in [0.1, 0.15) is 18.1 Å². The Hall–Kier alpha value is -4.34. The fourth-order valence-corrected chi connectivity index (χ4v) is 4.27. The van der Waals surface area contributed by atoms with Gasteiger partial charge in [0.25, 0.3) is 0 Å². The molecule has 1 N–H and O–H groups in total. The first kappa shape index (κ1) is 25.3. The van der Waals surface area contributed by atoms with E-state index in [9.17, 15) is 26.3 Å². The average Bonchev–Trinajstić information content (AvgIpc) is 2.87. The number of para-hydroxylation sites is 2. The van der Waals surface area contributed by atoms with Gasteiger partial charge in [-0.15, -0.1) is 0 Å². The van der Waals surface area contributed by atoms with Crippen molar-refractivity contribution in [3.63, 3.8) is 0 Å². The van der Waals surface area contributed by atoms with Crippen LogP contribution in [0.15, 0.2) is 89.9 Å². The molecule has 3 aromatic rings. The maximum absolute atomic E-state index is 13.5. The van der Waals surface area contributed by atoms with Crippen molar-refractivity contribution in [2.24, 2.45) is 4.99 Å². The molecule has 1 aliphatic heterocycles.